The van der Waals surface area contributed by atoms with Gasteiger partial charge >= 0.3 is 0 Å². The number of imidazole rings is 1. The van der Waals surface area contributed by atoms with Crippen LogP contribution < -0.4 is 9.47 Å². The lowest BCUT2D eigenvalue weighted by molar-refractivity contribution is 0.115. The van der Waals surface area contributed by atoms with Gasteiger partial charge in [-0.2, -0.15) is 5.26 Å². The van der Waals surface area contributed by atoms with Crippen LogP contribution in [-0.4, -0.2) is 49.7 Å². The number of allylic oxidation sites excluding steroid dienone is 2. The fraction of sp³-hybridized carbons (Fsp3) is 0.208. The molecular weight excluding hydrogens is 452 g/mol. The summed E-state index contributed by atoms with van der Waals surface area (Å²) in [5.74, 6) is 1.18. The van der Waals surface area contributed by atoms with E-state index in [4.69, 9.17) is 26.4 Å². The van der Waals surface area contributed by atoms with E-state index < -0.39 is 6.10 Å². The van der Waals surface area contributed by atoms with Crippen LogP contribution in [0.5, 0.6) is 11.5 Å². The smallest absolute Gasteiger partial charge is 0.163 e. The lowest BCUT2D eigenvalue weighted by Gasteiger charge is -2.21. The van der Waals surface area contributed by atoms with Gasteiger partial charge in [-0.05, 0) is 29.8 Å². The highest BCUT2D eigenvalue weighted by atomic mass is 32.1. The summed E-state index contributed by atoms with van der Waals surface area (Å²) in [6.07, 6.45) is 4.77. The molecule has 5 rings (SSSR count). The average Bonchev–Trinajstić information content (AvgIpc) is 3.45. The van der Waals surface area contributed by atoms with Crippen LogP contribution in [0.1, 0.15) is 5.56 Å². The molecule has 0 fully saturated rings. The van der Waals surface area contributed by atoms with Crippen molar-refractivity contribution >= 4 is 44.8 Å². The van der Waals surface area contributed by atoms with E-state index >= 15 is 0 Å². The van der Waals surface area contributed by atoms with Crippen molar-refractivity contribution in [3.8, 4) is 17.6 Å². The zero-order chi connectivity index (χ0) is 23.8. The van der Waals surface area contributed by atoms with Gasteiger partial charge in [0.2, 0.25) is 0 Å². The van der Waals surface area contributed by atoms with Gasteiger partial charge in [0.15, 0.2) is 11.5 Å². The second-order valence-corrected chi connectivity index (χ2v) is 8.14. The summed E-state index contributed by atoms with van der Waals surface area (Å²) in [7, 11) is 5.01. The van der Waals surface area contributed by atoms with Crippen LogP contribution >= 0.6 is 12.2 Å². The molecule has 9 nitrogen and oxygen atoms in total. The minimum atomic E-state index is -0.553. The molecule has 2 aromatic heterocycles. The Hall–Kier alpha value is -4.07. The Morgan fingerprint density at radius 2 is 1.88 bits per heavy atom. The Balaban J connectivity index is 1.48. The second kappa shape index (κ2) is 8.70. The Morgan fingerprint density at radius 1 is 1.09 bits per heavy atom. The molecule has 1 unspecified atom stereocenters. The van der Waals surface area contributed by atoms with Crippen molar-refractivity contribution in [1.29, 1.82) is 5.26 Å². The van der Waals surface area contributed by atoms with Crippen molar-refractivity contribution in [3.05, 3.63) is 59.9 Å². The number of aromatic nitrogens is 5. The summed E-state index contributed by atoms with van der Waals surface area (Å²) in [4.78, 5) is 4.93. The van der Waals surface area contributed by atoms with Crippen LogP contribution in [0.15, 0.2) is 54.4 Å². The first-order valence-corrected chi connectivity index (χ1v) is 10.8. The van der Waals surface area contributed by atoms with Gasteiger partial charge in [-0.1, -0.05) is 23.5 Å². The summed E-state index contributed by atoms with van der Waals surface area (Å²) >= 11 is 5.55. The minimum Gasteiger partial charge on any atom is -0.493 e. The Bertz CT molecular complexity index is 1540. The minimum absolute atomic E-state index is 0.310. The molecule has 0 aliphatic heterocycles. The number of hydrogen-bond acceptors (Lipinski definition) is 8. The summed E-state index contributed by atoms with van der Waals surface area (Å²) in [6, 6.07) is 11.7. The number of nitrogens with zero attached hydrogens (tertiary/aromatic N) is 6. The molecule has 2 heterocycles. The number of fused-ring (bicyclic) bond motifs is 2. The highest BCUT2D eigenvalue weighted by Gasteiger charge is 2.24. The monoisotopic (exact) mass is 472 g/mol. The molecule has 0 amide bonds. The Morgan fingerprint density at radius 3 is 2.65 bits per heavy atom. The summed E-state index contributed by atoms with van der Waals surface area (Å²) in [5.41, 5.74) is 5.33. The first-order chi connectivity index (χ1) is 16.5. The number of nitriles is 1. The van der Waals surface area contributed by atoms with Gasteiger partial charge in [0.05, 0.1) is 47.8 Å². The molecular formula is C24H20N6O3S. The van der Waals surface area contributed by atoms with E-state index in [2.05, 4.69) is 21.4 Å². The third-order valence-corrected chi connectivity index (χ3v) is 6.15. The molecule has 0 spiro atoms. The zero-order valence-electron chi connectivity index (χ0n) is 18.7. The summed E-state index contributed by atoms with van der Waals surface area (Å²) < 4.78 is 20.6. The number of hydrogen-bond donors (Lipinski definition) is 0. The zero-order valence-corrected chi connectivity index (χ0v) is 19.5. The lowest BCUT2D eigenvalue weighted by Crippen LogP contribution is -2.25. The molecule has 0 saturated carbocycles. The SMILES string of the molecule is COc1cc2ncn(C3=CC(OCc4ccc5nnn(C)c5c4)C(=S)C(C#N)=C3)c2cc1OC. The van der Waals surface area contributed by atoms with Crippen LogP contribution in [0.3, 0.4) is 0 Å². The molecule has 0 N–H and O–H groups in total. The largest absolute Gasteiger partial charge is 0.493 e. The van der Waals surface area contributed by atoms with Gasteiger partial charge < -0.3 is 14.2 Å². The third-order valence-electron chi connectivity index (χ3n) is 5.69. The van der Waals surface area contributed by atoms with E-state index in [1.807, 2.05) is 48.0 Å². The van der Waals surface area contributed by atoms with Crippen LogP contribution in [-0.2, 0) is 18.4 Å². The van der Waals surface area contributed by atoms with E-state index in [0.29, 0.717) is 28.5 Å². The molecule has 34 heavy (non-hydrogen) atoms. The van der Waals surface area contributed by atoms with Crippen molar-refractivity contribution in [2.75, 3.05) is 14.2 Å². The van der Waals surface area contributed by atoms with Crippen molar-refractivity contribution in [2.45, 2.75) is 12.7 Å². The number of thiocarbonyl (C=S) groups is 1. The fourth-order valence-electron chi connectivity index (χ4n) is 3.91. The van der Waals surface area contributed by atoms with E-state index in [9.17, 15) is 5.26 Å². The first-order valence-electron chi connectivity index (χ1n) is 10.4. The van der Waals surface area contributed by atoms with E-state index in [1.54, 1.807) is 31.3 Å². The molecule has 170 valence electrons. The van der Waals surface area contributed by atoms with Gasteiger partial charge in [-0.3, -0.25) is 4.57 Å². The van der Waals surface area contributed by atoms with Gasteiger partial charge in [0, 0.05) is 24.9 Å². The molecule has 1 aliphatic carbocycles. The van der Waals surface area contributed by atoms with E-state index in [1.165, 1.54) is 0 Å². The highest BCUT2D eigenvalue weighted by Crippen LogP contribution is 2.33. The van der Waals surface area contributed by atoms with Crippen LogP contribution in [0, 0.1) is 11.3 Å². The summed E-state index contributed by atoms with van der Waals surface area (Å²) in [5, 5.41) is 17.8. The predicted molar refractivity (Wildman–Crippen MR) is 130 cm³/mol. The van der Waals surface area contributed by atoms with E-state index in [0.717, 1.165) is 33.3 Å². The molecule has 0 radical (unpaired) electrons. The number of aryl methyl sites for hydroxylation is 1. The van der Waals surface area contributed by atoms with Crippen molar-refractivity contribution < 1.29 is 14.2 Å². The molecule has 0 saturated heterocycles. The maximum atomic E-state index is 9.70. The number of methoxy groups -OCH3 is 2. The fourth-order valence-corrected chi connectivity index (χ4v) is 4.15. The van der Waals surface area contributed by atoms with Gasteiger partial charge in [-0.15, -0.1) is 5.10 Å². The third kappa shape index (κ3) is 3.71. The van der Waals surface area contributed by atoms with Crippen LogP contribution in [0.4, 0.5) is 0 Å². The molecule has 1 atom stereocenters. The lowest BCUT2D eigenvalue weighted by atomic mass is 10.0. The Labute approximate surface area is 200 Å². The van der Waals surface area contributed by atoms with Crippen LogP contribution in [0.2, 0.25) is 0 Å². The number of rotatable bonds is 6. The molecule has 4 aromatic rings. The number of benzene rings is 2. The average molecular weight is 473 g/mol. The standard InChI is InChI=1S/C24H20N6O3S/c1-29-19-6-14(4-5-17(19)27-28-29)12-33-23-8-16(7-15(11-25)24(23)34)30-13-26-18-9-21(31-2)22(32-3)10-20(18)30/h4-10,13,23H,12H2,1-3H3. The van der Waals surface area contributed by atoms with Crippen molar-refractivity contribution in [1.82, 2.24) is 24.5 Å². The second-order valence-electron chi connectivity index (χ2n) is 7.70. The molecule has 10 heteroatoms. The van der Waals surface area contributed by atoms with Gasteiger partial charge in [-0.25, -0.2) is 9.67 Å². The maximum Gasteiger partial charge on any atom is 0.163 e. The van der Waals surface area contributed by atoms with E-state index in [-0.39, 0.29) is 0 Å². The quantitative estimate of drug-likeness (QED) is 0.393. The summed E-state index contributed by atoms with van der Waals surface area (Å²) in [6.45, 7) is 0.310. The van der Waals surface area contributed by atoms with Crippen molar-refractivity contribution in [2.24, 2.45) is 7.05 Å². The first kappa shape index (κ1) is 21.8. The normalized spacial score (nSPS) is 15.8. The van der Waals surface area contributed by atoms with Gasteiger partial charge in [0.1, 0.15) is 24.0 Å². The molecule has 2 aromatic carbocycles. The Kier molecular flexibility index (Phi) is 5.57. The van der Waals surface area contributed by atoms with Gasteiger partial charge in [0.25, 0.3) is 0 Å². The highest BCUT2D eigenvalue weighted by molar-refractivity contribution is 7.81. The predicted octanol–water partition coefficient (Wildman–Crippen LogP) is 3.59. The molecule has 0 bridgehead atoms. The number of ether oxygens (including phenoxy) is 3. The topological polar surface area (TPSA) is 100 Å². The van der Waals surface area contributed by atoms with Crippen LogP contribution in [0.25, 0.3) is 27.8 Å². The molecule has 1 aliphatic rings. The maximum absolute atomic E-state index is 9.70. The van der Waals surface area contributed by atoms with Crippen molar-refractivity contribution in [3.63, 3.8) is 0 Å².